The first-order valence-corrected chi connectivity index (χ1v) is 5.04. The lowest BCUT2D eigenvalue weighted by Crippen LogP contribution is -2.11. The number of imidazole rings is 1. The Bertz CT molecular complexity index is 563. The van der Waals surface area contributed by atoms with Crippen LogP contribution >= 0.6 is 0 Å². The van der Waals surface area contributed by atoms with Crippen molar-refractivity contribution in [3.05, 3.63) is 53.6 Å². The summed E-state index contributed by atoms with van der Waals surface area (Å²) in [6, 6.07) is 3.13. The standard InChI is InChI=1S/C12H10F2N2O/c1-8-15-4-5-16(8)7-12(17)9-2-3-10(13)11(14)6-9/h2-6H,7H2,1H3. The van der Waals surface area contributed by atoms with Crippen LogP contribution in [0.1, 0.15) is 16.2 Å². The van der Waals surface area contributed by atoms with Gasteiger partial charge in [-0.1, -0.05) is 0 Å². The number of aromatic nitrogens is 2. The van der Waals surface area contributed by atoms with E-state index in [4.69, 9.17) is 0 Å². The summed E-state index contributed by atoms with van der Waals surface area (Å²) < 4.78 is 27.3. The Balaban J connectivity index is 2.20. The number of carbonyl (C=O) groups is 1. The molecule has 0 amide bonds. The van der Waals surface area contributed by atoms with Gasteiger partial charge in [0.15, 0.2) is 17.4 Å². The first-order chi connectivity index (χ1) is 8.08. The van der Waals surface area contributed by atoms with E-state index < -0.39 is 11.6 Å². The first-order valence-electron chi connectivity index (χ1n) is 5.04. The molecule has 0 N–H and O–H groups in total. The molecule has 88 valence electrons. The van der Waals surface area contributed by atoms with Crippen LogP contribution < -0.4 is 0 Å². The summed E-state index contributed by atoms with van der Waals surface area (Å²) in [6.07, 6.45) is 3.24. The molecule has 1 aromatic carbocycles. The maximum absolute atomic E-state index is 13.0. The summed E-state index contributed by atoms with van der Waals surface area (Å²) in [5.41, 5.74) is 0.150. The first kappa shape index (κ1) is 11.4. The van der Waals surface area contributed by atoms with Crippen molar-refractivity contribution in [1.29, 1.82) is 0 Å². The third kappa shape index (κ3) is 2.38. The molecular weight excluding hydrogens is 226 g/mol. The van der Waals surface area contributed by atoms with Crippen LogP contribution in [0.3, 0.4) is 0 Å². The lowest BCUT2D eigenvalue weighted by molar-refractivity contribution is 0.0970. The summed E-state index contributed by atoms with van der Waals surface area (Å²) in [6.45, 7) is 1.83. The number of ketones is 1. The number of nitrogens with zero attached hydrogens (tertiary/aromatic N) is 2. The molecule has 2 aromatic rings. The van der Waals surface area contributed by atoms with E-state index in [9.17, 15) is 13.6 Å². The monoisotopic (exact) mass is 236 g/mol. The Morgan fingerprint density at radius 2 is 2.12 bits per heavy atom. The van der Waals surface area contributed by atoms with Gasteiger partial charge >= 0.3 is 0 Å². The third-order valence-electron chi connectivity index (χ3n) is 2.48. The molecule has 0 saturated carbocycles. The molecule has 0 spiro atoms. The van der Waals surface area contributed by atoms with Crippen LogP contribution in [-0.4, -0.2) is 15.3 Å². The van der Waals surface area contributed by atoms with E-state index in [-0.39, 0.29) is 17.9 Å². The van der Waals surface area contributed by atoms with Crippen LogP contribution in [0.4, 0.5) is 8.78 Å². The average Bonchev–Trinajstić information content (AvgIpc) is 2.68. The predicted molar refractivity (Wildman–Crippen MR) is 57.7 cm³/mol. The molecule has 0 unspecified atom stereocenters. The molecule has 0 atom stereocenters. The van der Waals surface area contributed by atoms with Gasteiger partial charge in [-0.05, 0) is 25.1 Å². The van der Waals surface area contributed by atoms with Gasteiger partial charge in [0.1, 0.15) is 5.82 Å². The van der Waals surface area contributed by atoms with Gasteiger partial charge in [0.05, 0.1) is 6.54 Å². The molecule has 0 bridgehead atoms. The van der Waals surface area contributed by atoms with Crippen LogP contribution in [0.25, 0.3) is 0 Å². The second kappa shape index (κ2) is 4.45. The van der Waals surface area contributed by atoms with Gasteiger partial charge in [-0.3, -0.25) is 4.79 Å². The minimum atomic E-state index is -1.02. The predicted octanol–water partition coefficient (Wildman–Crippen LogP) is 2.35. The fourth-order valence-electron chi connectivity index (χ4n) is 1.49. The van der Waals surface area contributed by atoms with Crippen molar-refractivity contribution in [3.8, 4) is 0 Å². The van der Waals surface area contributed by atoms with E-state index in [0.29, 0.717) is 5.82 Å². The largest absolute Gasteiger partial charge is 0.327 e. The van der Waals surface area contributed by atoms with Crippen LogP contribution in [0, 0.1) is 18.6 Å². The zero-order chi connectivity index (χ0) is 12.4. The van der Waals surface area contributed by atoms with Crippen LogP contribution in [0.2, 0.25) is 0 Å². The highest BCUT2D eigenvalue weighted by molar-refractivity contribution is 5.95. The summed E-state index contributed by atoms with van der Waals surface area (Å²) in [7, 11) is 0. The Labute approximate surface area is 96.7 Å². The minimum absolute atomic E-state index is 0.0664. The molecule has 5 heteroatoms. The summed E-state index contributed by atoms with van der Waals surface area (Å²) >= 11 is 0. The van der Waals surface area contributed by atoms with E-state index >= 15 is 0 Å². The van der Waals surface area contributed by atoms with Gasteiger partial charge in [0, 0.05) is 18.0 Å². The number of rotatable bonds is 3. The highest BCUT2D eigenvalue weighted by Gasteiger charge is 2.11. The Hall–Kier alpha value is -2.04. The number of hydrogen-bond donors (Lipinski definition) is 0. The van der Waals surface area contributed by atoms with Gasteiger partial charge in [0.2, 0.25) is 0 Å². The van der Waals surface area contributed by atoms with Gasteiger partial charge in [-0.25, -0.2) is 13.8 Å². The summed E-state index contributed by atoms with van der Waals surface area (Å²) in [5, 5.41) is 0. The SMILES string of the molecule is Cc1nccn1CC(=O)c1ccc(F)c(F)c1. The van der Waals surface area contributed by atoms with Gasteiger partial charge in [0.25, 0.3) is 0 Å². The summed E-state index contributed by atoms with van der Waals surface area (Å²) in [4.78, 5) is 15.8. The summed E-state index contributed by atoms with van der Waals surface area (Å²) in [5.74, 6) is -1.57. The molecular formula is C12H10F2N2O. The second-order valence-electron chi connectivity index (χ2n) is 3.65. The lowest BCUT2D eigenvalue weighted by atomic mass is 10.1. The van der Waals surface area contributed by atoms with E-state index in [1.807, 2.05) is 0 Å². The maximum Gasteiger partial charge on any atom is 0.182 e. The average molecular weight is 236 g/mol. The van der Waals surface area contributed by atoms with Crippen LogP contribution in [0.5, 0.6) is 0 Å². The highest BCUT2D eigenvalue weighted by atomic mass is 19.2. The number of Topliss-reactive ketones (excluding diaryl/α,β-unsaturated/α-hetero) is 1. The smallest absolute Gasteiger partial charge is 0.182 e. The third-order valence-corrected chi connectivity index (χ3v) is 2.48. The number of carbonyl (C=O) groups excluding carboxylic acids is 1. The highest BCUT2D eigenvalue weighted by Crippen LogP contribution is 2.10. The zero-order valence-corrected chi connectivity index (χ0v) is 9.15. The molecule has 17 heavy (non-hydrogen) atoms. The van der Waals surface area contributed by atoms with E-state index in [0.717, 1.165) is 12.1 Å². The molecule has 0 fully saturated rings. The van der Waals surface area contributed by atoms with E-state index in [1.54, 1.807) is 23.9 Å². The van der Waals surface area contributed by atoms with E-state index in [2.05, 4.69) is 4.98 Å². The number of aryl methyl sites for hydroxylation is 1. The molecule has 1 aromatic heterocycles. The molecule has 1 heterocycles. The van der Waals surface area contributed by atoms with Crippen molar-refractivity contribution in [2.75, 3.05) is 0 Å². The Kier molecular flexibility index (Phi) is 2.99. The van der Waals surface area contributed by atoms with Gasteiger partial charge < -0.3 is 4.57 Å². The lowest BCUT2D eigenvalue weighted by Gasteiger charge is -2.04. The number of hydrogen-bond acceptors (Lipinski definition) is 2. The molecule has 2 rings (SSSR count). The zero-order valence-electron chi connectivity index (χ0n) is 9.15. The molecule has 0 radical (unpaired) electrons. The fourth-order valence-corrected chi connectivity index (χ4v) is 1.49. The molecule has 0 aliphatic carbocycles. The fraction of sp³-hybridized carbons (Fsp3) is 0.167. The quantitative estimate of drug-likeness (QED) is 0.767. The van der Waals surface area contributed by atoms with Crippen molar-refractivity contribution >= 4 is 5.78 Å². The van der Waals surface area contributed by atoms with Crippen molar-refractivity contribution in [3.63, 3.8) is 0 Å². The van der Waals surface area contributed by atoms with Crippen molar-refractivity contribution in [2.24, 2.45) is 0 Å². The minimum Gasteiger partial charge on any atom is -0.327 e. The van der Waals surface area contributed by atoms with Crippen molar-refractivity contribution < 1.29 is 13.6 Å². The van der Waals surface area contributed by atoms with Crippen LogP contribution in [0.15, 0.2) is 30.6 Å². The molecule has 0 aliphatic heterocycles. The number of halogens is 2. The van der Waals surface area contributed by atoms with Gasteiger partial charge in [-0.2, -0.15) is 0 Å². The second-order valence-corrected chi connectivity index (χ2v) is 3.65. The number of benzene rings is 1. The molecule has 3 nitrogen and oxygen atoms in total. The Morgan fingerprint density at radius 3 is 2.71 bits per heavy atom. The topological polar surface area (TPSA) is 34.9 Å². The molecule has 0 aliphatic rings. The maximum atomic E-state index is 13.0. The van der Waals surface area contributed by atoms with Gasteiger partial charge in [-0.15, -0.1) is 0 Å². The molecule has 0 saturated heterocycles. The Morgan fingerprint density at radius 1 is 1.35 bits per heavy atom. The van der Waals surface area contributed by atoms with E-state index in [1.165, 1.54) is 6.07 Å². The van der Waals surface area contributed by atoms with Crippen molar-refractivity contribution in [1.82, 2.24) is 9.55 Å². The normalized spacial score (nSPS) is 10.5. The van der Waals surface area contributed by atoms with Crippen LogP contribution in [-0.2, 0) is 6.54 Å². The van der Waals surface area contributed by atoms with Crippen molar-refractivity contribution in [2.45, 2.75) is 13.5 Å².